The monoisotopic (exact) mass is 195 g/mol. The van der Waals surface area contributed by atoms with Gasteiger partial charge in [0.15, 0.2) is 0 Å². The van der Waals surface area contributed by atoms with E-state index in [9.17, 15) is 5.11 Å². The van der Waals surface area contributed by atoms with Crippen LogP contribution in [0.3, 0.4) is 0 Å². The highest BCUT2D eigenvalue weighted by molar-refractivity contribution is 5.45. The van der Waals surface area contributed by atoms with Gasteiger partial charge in [0.2, 0.25) is 0 Å². The van der Waals surface area contributed by atoms with E-state index in [1.807, 2.05) is 0 Å². The number of aromatic nitrogens is 1. The molecule has 0 saturated carbocycles. The largest absolute Gasteiger partial charge is 0.398 e. The highest BCUT2D eigenvalue weighted by atomic mass is 16.3. The Kier molecular flexibility index (Phi) is 3.08. The van der Waals surface area contributed by atoms with Crippen molar-refractivity contribution in [2.24, 2.45) is 5.73 Å². The number of hydrogen-bond acceptors (Lipinski definition) is 4. The number of nitrogen functional groups attached to an aromatic ring is 1. The van der Waals surface area contributed by atoms with Crippen molar-refractivity contribution >= 4 is 5.69 Å². The van der Waals surface area contributed by atoms with Crippen molar-refractivity contribution in [3.63, 3.8) is 0 Å². The molecule has 0 spiro atoms. The summed E-state index contributed by atoms with van der Waals surface area (Å²) < 4.78 is 0. The molecule has 1 aromatic rings. The van der Waals surface area contributed by atoms with Gasteiger partial charge in [0.25, 0.3) is 0 Å². The Labute approximate surface area is 83.9 Å². The van der Waals surface area contributed by atoms with Gasteiger partial charge in [-0.1, -0.05) is 0 Å². The molecule has 1 aromatic heterocycles. The molecule has 0 aliphatic rings. The Bertz CT molecular complexity index is 310. The molecule has 2 atom stereocenters. The fraction of sp³-hybridized carbons (Fsp3) is 0.500. The Morgan fingerprint density at radius 3 is 2.79 bits per heavy atom. The molecule has 2 unspecified atom stereocenters. The van der Waals surface area contributed by atoms with Crippen LogP contribution in [0.25, 0.3) is 0 Å². The molecule has 4 nitrogen and oxygen atoms in total. The summed E-state index contributed by atoms with van der Waals surface area (Å²) in [5, 5.41) is 9.96. The predicted octanol–water partition coefficient (Wildman–Crippen LogP) is 0.304. The van der Waals surface area contributed by atoms with Crippen LogP contribution >= 0.6 is 0 Å². The first kappa shape index (κ1) is 10.9. The van der Waals surface area contributed by atoms with E-state index in [-0.39, 0.29) is 6.04 Å². The third-order valence-corrected chi connectivity index (χ3v) is 2.47. The standard InChI is InChI=1S/C10H17N3O/c1-7(11)10(2,14)5-8-6-13-4-3-9(8)12/h3-4,6-7,14H,5,11H2,1-2H3,(H2,12,13). The first-order valence-corrected chi connectivity index (χ1v) is 4.60. The minimum absolute atomic E-state index is 0.304. The molecule has 0 saturated heterocycles. The molecule has 14 heavy (non-hydrogen) atoms. The van der Waals surface area contributed by atoms with Crippen molar-refractivity contribution < 1.29 is 5.11 Å². The van der Waals surface area contributed by atoms with Crippen molar-refractivity contribution in [1.82, 2.24) is 4.98 Å². The molecule has 4 heteroatoms. The first-order chi connectivity index (χ1) is 6.43. The Morgan fingerprint density at radius 1 is 1.64 bits per heavy atom. The van der Waals surface area contributed by atoms with Crippen LogP contribution in [0.2, 0.25) is 0 Å². The van der Waals surface area contributed by atoms with Crippen LogP contribution in [-0.4, -0.2) is 21.7 Å². The van der Waals surface area contributed by atoms with E-state index in [2.05, 4.69) is 4.98 Å². The summed E-state index contributed by atoms with van der Waals surface area (Å²) in [6.07, 6.45) is 3.70. The first-order valence-electron chi connectivity index (χ1n) is 4.60. The van der Waals surface area contributed by atoms with Crippen molar-refractivity contribution in [2.45, 2.75) is 31.9 Å². The lowest BCUT2D eigenvalue weighted by Crippen LogP contribution is -2.45. The van der Waals surface area contributed by atoms with E-state index in [0.717, 1.165) is 5.56 Å². The fourth-order valence-corrected chi connectivity index (χ4v) is 1.13. The molecule has 78 valence electrons. The van der Waals surface area contributed by atoms with Crippen LogP contribution in [0.4, 0.5) is 5.69 Å². The summed E-state index contributed by atoms with van der Waals surface area (Å²) in [6.45, 7) is 3.47. The maximum absolute atomic E-state index is 9.96. The molecule has 0 aliphatic carbocycles. The number of anilines is 1. The van der Waals surface area contributed by atoms with Crippen molar-refractivity contribution in [1.29, 1.82) is 0 Å². The van der Waals surface area contributed by atoms with Crippen LogP contribution in [0.1, 0.15) is 19.4 Å². The summed E-state index contributed by atoms with van der Waals surface area (Å²) in [4.78, 5) is 3.96. The zero-order valence-corrected chi connectivity index (χ0v) is 8.57. The fourth-order valence-electron chi connectivity index (χ4n) is 1.13. The lowest BCUT2D eigenvalue weighted by molar-refractivity contribution is 0.0389. The Balaban J connectivity index is 2.84. The van der Waals surface area contributed by atoms with E-state index >= 15 is 0 Å². The van der Waals surface area contributed by atoms with Gasteiger partial charge in [-0.3, -0.25) is 4.98 Å². The maximum atomic E-state index is 9.96. The second kappa shape index (κ2) is 3.94. The second-order valence-corrected chi connectivity index (χ2v) is 3.90. The van der Waals surface area contributed by atoms with Gasteiger partial charge in [-0.2, -0.15) is 0 Å². The van der Waals surface area contributed by atoms with Crippen LogP contribution < -0.4 is 11.5 Å². The number of rotatable bonds is 3. The van der Waals surface area contributed by atoms with E-state index in [4.69, 9.17) is 11.5 Å². The minimum atomic E-state index is -0.947. The van der Waals surface area contributed by atoms with E-state index in [0.29, 0.717) is 12.1 Å². The van der Waals surface area contributed by atoms with Gasteiger partial charge < -0.3 is 16.6 Å². The topological polar surface area (TPSA) is 85.2 Å². The molecular formula is C10H17N3O. The van der Waals surface area contributed by atoms with Crippen LogP contribution in [0, 0.1) is 0 Å². The molecule has 1 heterocycles. The maximum Gasteiger partial charge on any atom is 0.0808 e. The van der Waals surface area contributed by atoms with Crippen LogP contribution in [-0.2, 0) is 6.42 Å². The van der Waals surface area contributed by atoms with E-state index in [1.165, 1.54) is 0 Å². The summed E-state index contributed by atoms with van der Waals surface area (Å²) in [6, 6.07) is 1.41. The van der Waals surface area contributed by atoms with Gasteiger partial charge in [-0.05, 0) is 25.5 Å². The summed E-state index contributed by atoms with van der Waals surface area (Å²) in [5.74, 6) is 0. The summed E-state index contributed by atoms with van der Waals surface area (Å²) in [5.41, 5.74) is 11.9. The molecule has 5 N–H and O–H groups in total. The van der Waals surface area contributed by atoms with Gasteiger partial charge in [0.05, 0.1) is 5.60 Å². The quantitative estimate of drug-likeness (QED) is 0.647. The van der Waals surface area contributed by atoms with E-state index in [1.54, 1.807) is 32.3 Å². The smallest absolute Gasteiger partial charge is 0.0808 e. The predicted molar refractivity (Wildman–Crippen MR) is 56.6 cm³/mol. The lowest BCUT2D eigenvalue weighted by atomic mass is 9.91. The molecular weight excluding hydrogens is 178 g/mol. The van der Waals surface area contributed by atoms with Crippen LogP contribution in [0.15, 0.2) is 18.5 Å². The molecule has 0 radical (unpaired) electrons. The molecule has 0 amide bonds. The van der Waals surface area contributed by atoms with Crippen molar-refractivity contribution in [2.75, 3.05) is 5.73 Å². The number of hydrogen-bond donors (Lipinski definition) is 3. The molecule has 0 bridgehead atoms. The molecule has 1 rings (SSSR count). The number of aliphatic hydroxyl groups is 1. The molecule has 0 aliphatic heterocycles. The summed E-state index contributed by atoms with van der Waals surface area (Å²) >= 11 is 0. The lowest BCUT2D eigenvalue weighted by Gasteiger charge is -2.27. The van der Waals surface area contributed by atoms with Gasteiger partial charge in [0, 0.05) is 30.5 Å². The number of nitrogens with two attached hydrogens (primary N) is 2. The Hall–Kier alpha value is -1.13. The van der Waals surface area contributed by atoms with Crippen molar-refractivity contribution in [3.05, 3.63) is 24.0 Å². The zero-order valence-electron chi connectivity index (χ0n) is 8.57. The van der Waals surface area contributed by atoms with E-state index < -0.39 is 5.60 Å². The van der Waals surface area contributed by atoms with Crippen LogP contribution in [0.5, 0.6) is 0 Å². The SMILES string of the molecule is CC(N)C(C)(O)Cc1cnccc1N. The average Bonchev–Trinajstić information content (AvgIpc) is 2.08. The number of pyridine rings is 1. The van der Waals surface area contributed by atoms with Crippen molar-refractivity contribution in [3.8, 4) is 0 Å². The Morgan fingerprint density at radius 2 is 2.29 bits per heavy atom. The molecule has 0 aromatic carbocycles. The highest BCUT2D eigenvalue weighted by Gasteiger charge is 2.26. The highest BCUT2D eigenvalue weighted by Crippen LogP contribution is 2.19. The summed E-state index contributed by atoms with van der Waals surface area (Å²) in [7, 11) is 0. The number of nitrogens with zero attached hydrogens (tertiary/aromatic N) is 1. The second-order valence-electron chi connectivity index (χ2n) is 3.90. The van der Waals surface area contributed by atoms with Gasteiger partial charge in [-0.25, -0.2) is 0 Å². The third-order valence-electron chi connectivity index (χ3n) is 2.47. The average molecular weight is 195 g/mol. The zero-order chi connectivity index (χ0) is 10.8. The third kappa shape index (κ3) is 2.43. The van der Waals surface area contributed by atoms with Gasteiger partial charge in [-0.15, -0.1) is 0 Å². The minimum Gasteiger partial charge on any atom is -0.398 e. The normalized spacial score (nSPS) is 17.4. The molecule has 0 fully saturated rings. The van der Waals surface area contributed by atoms with Gasteiger partial charge in [0.1, 0.15) is 0 Å². The van der Waals surface area contributed by atoms with Gasteiger partial charge >= 0.3 is 0 Å².